The number of aryl methyl sites for hydroxylation is 2. The summed E-state index contributed by atoms with van der Waals surface area (Å²) in [5.41, 5.74) is 3.35. The van der Waals surface area contributed by atoms with Gasteiger partial charge in [-0.1, -0.05) is 29.8 Å². The number of aliphatic hydroxyl groups is 1. The van der Waals surface area contributed by atoms with E-state index in [0.717, 1.165) is 22.0 Å². The molecule has 0 saturated heterocycles. The SMILES string of the molecule is Cc1ccc(Cc2nc(CO)c(C)s2)cc1. The molecule has 0 saturated carbocycles. The van der Waals surface area contributed by atoms with E-state index < -0.39 is 0 Å². The van der Waals surface area contributed by atoms with Gasteiger partial charge < -0.3 is 5.11 Å². The number of hydrogen-bond acceptors (Lipinski definition) is 3. The summed E-state index contributed by atoms with van der Waals surface area (Å²) < 4.78 is 0. The summed E-state index contributed by atoms with van der Waals surface area (Å²) in [6.45, 7) is 4.12. The van der Waals surface area contributed by atoms with E-state index in [2.05, 4.69) is 36.2 Å². The molecule has 1 aromatic carbocycles. The fraction of sp³-hybridized carbons (Fsp3) is 0.308. The molecule has 1 heterocycles. The van der Waals surface area contributed by atoms with Gasteiger partial charge in [0.1, 0.15) is 0 Å². The number of thiazole rings is 1. The number of aromatic nitrogens is 1. The number of benzene rings is 1. The maximum atomic E-state index is 9.08. The van der Waals surface area contributed by atoms with Crippen LogP contribution in [-0.2, 0) is 13.0 Å². The van der Waals surface area contributed by atoms with Gasteiger partial charge in [-0.2, -0.15) is 0 Å². The minimum Gasteiger partial charge on any atom is -0.390 e. The second-order valence-electron chi connectivity index (χ2n) is 3.93. The first kappa shape index (κ1) is 11.3. The molecule has 2 nitrogen and oxygen atoms in total. The van der Waals surface area contributed by atoms with Gasteiger partial charge in [0.25, 0.3) is 0 Å². The molecule has 0 fully saturated rings. The van der Waals surface area contributed by atoms with E-state index in [4.69, 9.17) is 5.11 Å². The molecule has 0 atom stereocenters. The van der Waals surface area contributed by atoms with Gasteiger partial charge in [-0.3, -0.25) is 0 Å². The smallest absolute Gasteiger partial charge is 0.0975 e. The van der Waals surface area contributed by atoms with Crippen LogP contribution in [0.3, 0.4) is 0 Å². The maximum absolute atomic E-state index is 9.08. The Kier molecular flexibility index (Phi) is 3.36. The van der Waals surface area contributed by atoms with Crippen molar-refractivity contribution in [2.45, 2.75) is 26.9 Å². The van der Waals surface area contributed by atoms with E-state index in [-0.39, 0.29) is 6.61 Å². The predicted molar refractivity (Wildman–Crippen MR) is 66.8 cm³/mol. The van der Waals surface area contributed by atoms with Crippen LogP contribution in [0.15, 0.2) is 24.3 Å². The van der Waals surface area contributed by atoms with Gasteiger partial charge in [-0.25, -0.2) is 4.98 Å². The Hall–Kier alpha value is -1.19. The third kappa shape index (κ3) is 2.49. The molecule has 0 aliphatic rings. The van der Waals surface area contributed by atoms with Gasteiger partial charge in [0.05, 0.1) is 17.3 Å². The van der Waals surface area contributed by atoms with Crippen molar-refractivity contribution < 1.29 is 5.11 Å². The highest BCUT2D eigenvalue weighted by molar-refractivity contribution is 7.11. The summed E-state index contributed by atoms with van der Waals surface area (Å²) in [5.74, 6) is 0. The van der Waals surface area contributed by atoms with Crippen molar-refractivity contribution in [3.05, 3.63) is 51.0 Å². The fourth-order valence-electron chi connectivity index (χ4n) is 1.59. The molecule has 0 unspecified atom stereocenters. The van der Waals surface area contributed by atoms with Crippen molar-refractivity contribution in [2.24, 2.45) is 0 Å². The molecule has 84 valence electrons. The van der Waals surface area contributed by atoms with E-state index >= 15 is 0 Å². The lowest BCUT2D eigenvalue weighted by Gasteiger charge is -1.98. The van der Waals surface area contributed by atoms with Gasteiger partial charge in [0.2, 0.25) is 0 Å². The molecule has 2 aromatic rings. The molecule has 0 aliphatic heterocycles. The second-order valence-corrected chi connectivity index (χ2v) is 5.22. The van der Waals surface area contributed by atoms with E-state index in [9.17, 15) is 0 Å². The lowest BCUT2D eigenvalue weighted by Crippen LogP contribution is -1.89. The first-order chi connectivity index (χ1) is 7.69. The van der Waals surface area contributed by atoms with Crippen LogP contribution in [0.1, 0.15) is 26.7 Å². The summed E-state index contributed by atoms with van der Waals surface area (Å²) in [5, 5.41) is 10.2. The zero-order chi connectivity index (χ0) is 11.5. The van der Waals surface area contributed by atoms with Crippen molar-refractivity contribution in [3.8, 4) is 0 Å². The van der Waals surface area contributed by atoms with Gasteiger partial charge in [0, 0.05) is 11.3 Å². The van der Waals surface area contributed by atoms with Crippen molar-refractivity contribution >= 4 is 11.3 Å². The third-order valence-corrected chi connectivity index (χ3v) is 3.58. The van der Waals surface area contributed by atoms with Crippen LogP contribution in [0, 0.1) is 13.8 Å². The van der Waals surface area contributed by atoms with Crippen LogP contribution in [0.4, 0.5) is 0 Å². The Morgan fingerprint density at radius 1 is 1.19 bits per heavy atom. The van der Waals surface area contributed by atoms with Crippen LogP contribution in [0.25, 0.3) is 0 Å². The quantitative estimate of drug-likeness (QED) is 0.884. The monoisotopic (exact) mass is 233 g/mol. The van der Waals surface area contributed by atoms with Gasteiger partial charge >= 0.3 is 0 Å². The third-order valence-electron chi connectivity index (χ3n) is 2.56. The first-order valence-electron chi connectivity index (χ1n) is 5.30. The van der Waals surface area contributed by atoms with Gasteiger partial charge in [0.15, 0.2) is 0 Å². The van der Waals surface area contributed by atoms with E-state index in [0.29, 0.717) is 0 Å². The van der Waals surface area contributed by atoms with Crippen LogP contribution in [-0.4, -0.2) is 10.1 Å². The Bertz CT molecular complexity index is 473. The zero-order valence-corrected chi connectivity index (χ0v) is 10.3. The summed E-state index contributed by atoms with van der Waals surface area (Å²) in [6.07, 6.45) is 0.853. The minimum absolute atomic E-state index is 0.0379. The van der Waals surface area contributed by atoms with E-state index in [1.165, 1.54) is 11.1 Å². The van der Waals surface area contributed by atoms with Crippen LogP contribution < -0.4 is 0 Å². The van der Waals surface area contributed by atoms with Crippen molar-refractivity contribution in [2.75, 3.05) is 0 Å². The Morgan fingerprint density at radius 2 is 1.88 bits per heavy atom. The molecule has 1 aromatic heterocycles. The lowest BCUT2D eigenvalue weighted by molar-refractivity contribution is 0.276. The molecule has 3 heteroatoms. The highest BCUT2D eigenvalue weighted by atomic mass is 32.1. The summed E-state index contributed by atoms with van der Waals surface area (Å²) in [4.78, 5) is 5.53. The molecule has 1 N–H and O–H groups in total. The molecule has 0 spiro atoms. The van der Waals surface area contributed by atoms with Gasteiger partial charge in [-0.15, -0.1) is 11.3 Å². The van der Waals surface area contributed by atoms with E-state index in [1.807, 2.05) is 6.92 Å². The van der Waals surface area contributed by atoms with Crippen LogP contribution >= 0.6 is 11.3 Å². The fourth-order valence-corrected chi connectivity index (χ4v) is 2.57. The maximum Gasteiger partial charge on any atom is 0.0975 e. The van der Waals surface area contributed by atoms with Crippen molar-refractivity contribution in [1.82, 2.24) is 4.98 Å². The van der Waals surface area contributed by atoms with Crippen molar-refractivity contribution in [3.63, 3.8) is 0 Å². The Labute approximate surface area is 99.6 Å². The first-order valence-corrected chi connectivity index (χ1v) is 6.12. The molecule has 0 amide bonds. The predicted octanol–water partition coefficient (Wildman–Crippen LogP) is 2.84. The van der Waals surface area contributed by atoms with Crippen molar-refractivity contribution in [1.29, 1.82) is 0 Å². The number of hydrogen-bond donors (Lipinski definition) is 1. The topological polar surface area (TPSA) is 33.1 Å². The van der Waals surface area contributed by atoms with Gasteiger partial charge in [-0.05, 0) is 19.4 Å². The van der Waals surface area contributed by atoms with E-state index in [1.54, 1.807) is 11.3 Å². The molecule has 0 aliphatic carbocycles. The zero-order valence-electron chi connectivity index (χ0n) is 9.53. The Morgan fingerprint density at radius 3 is 2.44 bits per heavy atom. The normalized spacial score (nSPS) is 10.7. The summed E-state index contributed by atoms with van der Waals surface area (Å²) in [6, 6.07) is 8.49. The number of rotatable bonds is 3. The Balaban J connectivity index is 2.17. The molecule has 0 bridgehead atoms. The molecule has 16 heavy (non-hydrogen) atoms. The molecule has 0 radical (unpaired) electrons. The minimum atomic E-state index is 0.0379. The summed E-state index contributed by atoms with van der Waals surface area (Å²) >= 11 is 1.67. The number of aliphatic hydroxyl groups excluding tert-OH is 1. The standard InChI is InChI=1S/C13H15NOS/c1-9-3-5-11(6-4-9)7-13-14-12(8-15)10(2)16-13/h3-6,15H,7-8H2,1-2H3. The lowest BCUT2D eigenvalue weighted by atomic mass is 10.1. The average Bonchev–Trinajstić information content (AvgIpc) is 2.62. The number of nitrogens with zero attached hydrogens (tertiary/aromatic N) is 1. The highest BCUT2D eigenvalue weighted by Crippen LogP contribution is 2.20. The summed E-state index contributed by atoms with van der Waals surface area (Å²) in [7, 11) is 0. The van der Waals surface area contributed by atoms with Crippen LogP contribution in [0.2, 0.25) is 0 Å². The molecule has 2 rings (SSSR count). The highest BCUT2D eigenvalue weighted by Gasteiger charge is 2.06. The average molecular weight is 233 g/mol. The van der Waals surface area contributed by atoms with Crippen LogP contribution in [0.5, 0.6) is 0 Å². The molecular formula is C13H15NOS. The largest absolute Gasteiger partial charge is 0.390 e. The second kappa shape index (κ2) is 4.76. The molecular weight excluding hydrogens is 218 g/mol.